The fourth-order valence-corrected chi connectivity index (χ4v) is 3.60. The highest BCUT2D eigenvalue weighted by Crippen LogP contribution is 2.32. The minimum Gasteiger partial charge on any atom is -0.480 e. The number of carboxylic acid groups (broad SMARTS) is 1. The number of hydrogen-bond acceptors (Lipinski definition) is 3. The number of amides is 2. The van der Waals surface area contributed by atoms with Crippen molar-refractivity contribution in [2.45, 2.75) is 50.1 Å². The van der Waals surface area contributed by atoms with E-state index in [1.54, 1.807) is 0 Å². The number of rotatable bonds is 2. The van der Waals surface area contributed by atoms with E-state index in [2.05, 4.69) is 10.2 Å². The zero-order valence-electron chi connectivity index (χ0n) is 11.8. The lowest BCUT2D eigenvalue weighted by Gasteiger charge is -2.39. The van der Waals surface area contributed by atoms with Gasteiger partial charge in [0.25, 0.3) is 0 Å². The molecule has 0 spiro atoms. The molecule has 3 fully saturated rings. The molecule has 2 aliphatic heterocycles. The van der Waals surface area contributed by atoms with E-state index >= 15 is 0 Å². The summed E-state index contributed by atoms with van der Waals surface area (Å²) in [6.45, 7) is 3.66. The van der Waals surface area contributed by atoms with Gasteiger partial charge in [0, 0.05) is 25.7 Å². The third-order valence-electron chi connectivity index (χ3n) is 5.05. The molecule has 0 bridgehead atoms. The fraction of sp³-hybridized carbons (Fsp3) is 0.857. The third-order valence-corrected chi connectivity index (χ3v) is 5.05. The van der Waals surface area contributed by atoms with Crippen molar-refractivity contribution in [1.82, 2.24) is 15.1 Å². The first-order valence-corrected chi connectivity index (χ1v) is 7.65. The molecule has 1 aliphatic carbocycles. The quantitative estimate of drug-likeness (QED) is 0.788. The SMILES string of the molecule is O=C(NC1(C(=O)O)CCC1)N1CCCN2CCCC2C1. The van der Waals surface area contributed by atoms with Crippen molar-refractivity contribution in [2.75, 3.05) is 26.2 Å². The molecule has 112 valence electrons. The molecule has 1 unspecified atom stereocenters. The van der Waals surface area contributed by atoms with E-state index < -0.39 is 11.5 Å². The Bertz CT molecular complexity index is 408. The average Bonchev–Trinajstić information content (AvgIpc) is 2.70. The lowest BCUT2D eigenvalue weighted by molar-refractivity contribution is -0.148. The normalized spacial score (nSPS) is 29.2. The molecule has 20 heavy (non-hydrogen) atoms. The summed E-state index contributed by atoms with van der Waals surface area (Å²) in [6.07, 6.45) is 5.31. The van der Waals surface area contributed by atoms with Crippen molar-refractivity contribution in [1.29, 1.82) is 0 Å². The van der Waals surface area contributed by atoms with Gasteiger partial charge in [-0.3, -0.25) is 4.90 Å². The molecule has 2 amide bonds. The van der Waals surface area contributed by atoms with Crippen LogP contribution in [0.2, 0.25) is 0 Å². The Morgan fingerprint density at radius 3 is 2.50 bits per heavy atom. The molecule has 3 aliphatic rings. The van der Waals surface area contributed by atoms with Crippen LogP contribution in [0.3, 0.4) is 0 Å². The van der Waals surface area contributed by atoms with Crippen molar-refractivity contribution >= 4 is 12.0 Å². The van der Waals surface area contributed by atoms with Crippen LogP contribution in [0.5, 0.6) is 0 Å². The number of nitrogens with one attached hydrogen (secondary N) is 1. The Kier molecular flexibility index (Phi) is 3.58. The maximum atomic E-state index is 12.4. The van der Waals surface area contributed by atoms with Crippen LogP contribution in [0, 0.1) is 0 Å². The first-order valence-electron chi connectivity index (χ1n) is 7.65. The van der Waals surface area contributed by atoms with E-state index in [0.29, 0.717) is 18.9 Å². The average molecular weight is 281 g/mol. The number of urea groups is 1. The largest absolute Gasteiger partial charge is 0.480 e. The first-order chi connectivity index (χ1) is 9.61. The van der Waals surface area contributed by atoms with Crippen LogP contribution in [0.15, 0.2) is 0 Å². The lowest BCUT2D eigenvalue weighted by atomic mass is 9.77. The predicted molar refractivity (Wildman–Crippen MR) is 73.5 cm³/mol. The molecule has 6 heteroatoms. The number of aliphatic carboxylic acids is 1. The molecule has 3 rings (SSSR count). The van der Waals surface area contributed by atoms with Crippen LogP contribution in [-0.4, -0.2) is 64.7 Å². The molecule has 0 aromatic rings. The summed E-state index contributed by atoms with van der Waals surface area (Å²) in [5.74, 6) is -0.894. The standard InChI is InChI=1S/C14H23N3O3/c18-12(19)14(5-2-6-14)15-13(20)17-9-3-8-16-7-1-4-11(16)10-17/h11H,1-10H2,(H,15,20)(H,18,19). The maximum Gasteiger partial charge on any atom is 0.329 e. The molecule has 0 radical (unpaired) electrons. The summed E-state index contributed by atoms with van der Waals surface area (Å²) < 4.78 is 0. The zero-order chi connectivity index (χ0) is 14.2. The molecule has 1 saturated carbocycles. The Labute approximate surface area is 119 Å². The minimum absolute atomic E-state index is 0.194. The van der Waals surface area contributed by atoms with E-state index in [1.807, 2.05) is 4.90 Å². The van der Waals surface area contributed by atoms with Gasteiger partial charge in [-0.25, -0.2) is 9.59 Å². The van der Waals surface area contributed by atoms with Gasteiger partial charge in [-0.05, 0) is 45.1 Å². The number of nitrogens with zero attached hydrogens (tertiary/aromatic N) is 2. The Hall–Kier alpha value is -1.30. The number of hydrogen-bond donors (Lipinski definition) is 2. The van der Waals surface area contributed by atoms with E-state index in [-0.39, 0.29) is 6.03 Å². The van der Waals surface area contributed by atoms with Crippen LogP contribution in [0.1, 0.15) is 38.5 Å². The summed E-state index contributed by atoms with van der Waals surface area (Å²) in [4.78, 5) is 28.0. The summed E-state index contributed by atoms with van der Waals surface area (Å²) in [6, 6.07) is 0.270. The summed E-state index contributed by atoms with van der Waals surface area (Å²) in [5.41, 5.74) is -1.00. The van der Waals surface area contributed by atoms with Gasteiger partial charge in [0.05, 0.1) is 0 Å². The molecule has 2 saturated heterocycles. The molecular formula is C14H23N3O3. The van der Waals surface area contributed by atoms with Crippen LogP contribution in [0.4, 0.5) is 4.79 Å². The van der Waals surface area contributed by atoms with Crippen molar-refractivity contribution in [3.63, 3.8) is 0 Å². The third kappa shape index (κ3) is 2.37. The van der Waals surface area contributed by atoms with Crippen LogP contribution >= 0.6 is 0 Å². The highest BCUT2D eigenvalue weighted by Gasteiger charge is 2.46. The molecule has 0 aromatic carbocycles. The first kappa shape index (κ1) is 13.7. The highest BCUT2D eigenvalue weighted by molar-refractivity contribution is 5.87. The number of carboxylic acids is 1. The van der Waals surface area contributed by atoms with Gasteiger partial charge in [-0.2, -0.15) is 0 Å². The van der Waals surface area contributed by atoms with Gasteiger partial charge in [0.1, 0.15) is 5.54 Å². The molecule has 2 heterocycles. The molecule has 2 N–H and O–H groups in total. The minimum atomic E-state index is -1.00. The van der Waals surface area contributed by atoms with Gasteiger partial charge in [0.15, 0.2) is 0 Å². The molecule has 6 nitrogen and oxygen atoms in total. The topological polar surface area (TPSA) is 72.9 Å². The zero-order valence-corrected chi connectivity index (χ0v) is 11.8. The van der Waals surface area contributed by atoms with E-state index in [1.165, 1.54) is 6.42 Å². The van der Waals surface area contributed by atoms with E-state index in [9.17, 15) is 14.7 Å². The van der Waals surface area contributed by atoms with E-state index in [0.717, 1.165) is 45.4 Å². The van der Waals surface area contributed by atoms with Crippen LogP contribution < -0.4 is 5.32 Å². The summed E-state index contributed by atoms with van der Waals surface area (Å²) in [5, 5.41) is 12.1. The smallest absolute Gasteiger partial charge is 0.329 e. The monoisotopic (exact) mass is 281 g/mol. The van der Waals surface area contributed by atoms with Crippen molar-refractivity contribution in [2.24, 2.45) is 0 Å². The lowest BCUT2D eigenvalue weighted by Crippen LogP contribution is -2.62. The van der Waals surface area contributed by atoms with E-state index in [4.69, 9.17) is 0 Å². The predicted octanol–water partition coefficient (Wildman–Crippen LogP) is 0.873. The summed E-state index contributed by atoms with van der Waals surface area (Å²) >= 11 is 0. The highest BCUT2D eigenvalue weighted by atomic mass is 16.4. The Balaban J connectivity index is 1.63. The number of fused-ring (bicyclic) bond motifs is 1. The van der Waals surface area contributed by atoms with Crippen molar-refractivity contribution < 1.29 is 14.7 Å². The Morgan fingerprint density at radius 1 is 1.10 bits per heavy atom. The summed E-state index contributed by atoms with van der Waals surface area (Å²) in [7, 11) is 0. The second kappa shape index (κ2) is 5.24. The Morgan fingerprint density at radius 2 is 1.85 bits per heavy atom. The van der Waals surface area contributed by atoms with Crippen molar-refractivity contribution in [3.05, 3.63) is 0 Å². The van der Waals surface area contributed by atoms with Crippen molar-refractivity contribution in [3.8, 4) is 0 Å². The van der Waals surface area contributed by atoms with Gasteiger partial charge in [-0.15, -0.1) is 0 Å². The second-order valence-corrected chi connectivity index (χ2v) is 6.30. The van der Waals surface area contributed by atoms with Gasteiger partial charge in [0.2, 0.25) is 0 Å². The number of carbonyl (C=O) groups is 2. The van der Waals surface area contributed by atoms with Gasteiger partial charge < -0.3 is 15.3 Å². The molecule has 0 aromatic heterocycles. The number of carbonyl (C=O) groups excluding carboxylic acids is 1. The molecular weight excluding hydrogens is 258 g/mol. The second-order valence-electron chi connectivity index (χ2n) is 6.30. The van der Waals surface area contributed by atoms with Crippen LogP contribution in [-0.2, 0) is 4.79 Å². The van der Waals surface area contributed by atoms with Crippen LogP contribution in [0.25, 0.3) is 0 Å². The fourth-order valence-electron chi connectivity index (χ4n) is 3.60. The van der Waals surface area contributed by atoms with Gasteiger partial charge in [-0.1, -0.05) is 0 Å². The van der Waals surface area contributed by atoms with Gasteiger partial charge >= 0.3 is 12.0 Å². The molecule has 1 atom stereocenters. The maximum absolute atomic E-state index is 12.4.